The fraction of sp³-hybridized carbons (Fsp3) is 0.467. The van der Waals surface area contributed by atoms with E-state index < -0.39 is 11.5 Å². The first-order valence-electron chi connectivity index (χ1n) is 6.81. The molecule has 1 saturated carbocycles. The smallest absolute Gasteiger partial charge is 0.304 e. The van der Waals surface area contributed by atoms with Crippen LogP contribution in [0.5, 0.6) is 0 Å². The molecule has 1 unspecified atom stereocenters. The summed E-state index contributed by atoms with van der Waals surface area (Å²) < 4.78 is 0. The quantitative estimate of drug-likeness (QED) is 0.869. The van der Waals surface area contributed by atoms with Gasteiger partial charge in [0.1, 0.15) is 5.54 Å². The van der Waals surface area contributed by atoms with Gasteiger partial charge in [-0.3, -0.25) is 9.59 Å². The Hall–Kier alpha value is -1.10. The van der Waals surface area contributed by atoms with E-state index in [1.165, 1.54) is 0 Å². The Bertz CT molecular complexity index is 521. The highest BCUT2D eigenvalue weighted by molar-refractivity contribution is 6.31. The van der Waals surface area contributed by atoms with Crippen LogP contribution in [0.25, 0.3) is 0 Å². The lowest BCUT2D eigenvalue weighted by atomic mass is 9.75. The van der Waals surface area contributed by atoms with Crippen LogP contribution in [0.1, 0.15) is 37.7 Å². The molecule has 0 saturated heterocycles. The minimum Gasteiger partial charge on any atom is -0.481 e. The first kappa shape index (κ1) is 18.0. The average Bonchev–Trinajstić information content (AvgIpc) is 2.41. The summed E-state index contributed by atoms with van der Waals surface area (Å²) in [7, 11) is 0. The number of carbonyl (C=O) groups excluding carboxylic acids is 1. The van der Waals surface area contributed by atoms with E-state index in [0.29, 0.717) is 17.9 Å². The number of benzene rings is 1. The van der Waals surface area contributed by atoms with E-state index in [9.17, 15) is 9.59 Å². The summed E-state index contributed by atoms with van der Waals surface area (Å²) in [5.74, 6) is -0.780. The van der Waals surface area contributed by atoms with E-state index in [0.717, 1.165) is 18.4 Å². The van der Waals surface area contributed by atoms with Crippen molar-refractivity contribution in [1.29, 1.82) is 0 Å². The van der Waals surface area contributed by atoms with Crippen LogP contribution in [-0.2, 0) is 15.1 Å². The lowest BCUT2D eigenvalue weighted by Gasteiger charge is -2.37. The van der Waals surface area contributed by atoms with Gasteiger partial charge in [-0.25, -0.2) is 0 Å². The molecule has 116 valence electrons. The molecule has 2 rings (SSSR count). The molecule has 4 nitrogen and oxygen atoms in total. The van der Waals surface area contributed by atoms with Gasteiger partial charge >= 0.3 is 5.97 Å². The Balaban J connectivity index is 0.00000220. The lowest BCUT2D eigenvalue weighted by molar-refractivity contribution is -0.137. The summed E-state index contributed by atoms with van der Waals surface area (Å²) in [5.41, 5.74) is -0.0665. The van der Waals surface area contributed by atoms with Crippen LogP contribution in [0.4, 0.5) is 0 Å². The van der Waals surface area contributed by atoms with E-state index in [2.05, 4.69) is 5.32 Å². The van der Waals surface area contributed by atoms with Crippen LogP contribution in [0.15, 0.2) is 24.3 Å². The lowest BCUT2D eigenvalue weighted by Crippen LogP contribution is -2.51. The number of ketones is 1. The Labute approximate surface area is 135 Å². The van der Waals surface area contributed by atoms with Gasteiger partial charge in [-0.05, 0) is 24.5 Å². The van der Waals surface area contributed by atoms with Crippen molar-refractivity contribution in [3.05, 3.63) is 34.9 Å². The van der Waals surface area contributed by atoms with Gasteiger partial charge < -0.3 is 10.4 Å². The predicted octanol–water partition coefficient (Wildman–Crippen LogP) is 3.16. The number of hydrogen-bond donors (Lipinski definition) is 2. The third-order valence-electron chi connectivity index (χ3n) is 3.78. The Morgan fingerprint density at radius 3 is 2.67 bits per heavy atom. The molecular weight excluding hydrogens is 313 g/mol. The van der Waals surface area contributed by atoms with Crippen molar-refractivity contribution in [3.63, 3.8) is 0 Å². The predicted molar refractivity (Wildman–Crippen MR) is 84.1 cm³/mol. The van der Waals surface area contributed by atoms with E-state index in [4.69, 9.17) is 16.7 Å². The molecule has 0 bridgehead atoms. The number of carbonyl (C=O) groups is 2. The number of carboxylic acids is 1. The first-order valence-corrected chi connectivity index (χ1v) is 7.19. The van der Waals surface area contributed by atoms with E-state index in [1.807, 2.05) is 18.2 Å². The SMILES string of the molecule is Cl.O=C(O)CCNC1(c2ccccc2Cl)CCCCC1=O. The van der Waals surface area contributed by atoms with Gasteiger partial charge in [0.2, 0.25) is 0 Å². The van der Waals surface area contributed by atoms with Crippen molar-refractivity contribution in [2.75, 3.05) is 6.54 Å². The second-order valence-electron chi connectivity index (χ2n) is 5.09. The molecule has 0 aliphatic heterocycles. The number of rotatable bonds is 5. The maximum atomic E-state index is 12.5. The molecule has 1 aromatic carbocycles. The highest BCUT2D eigenvalue weighted by Gasteiger charge is 2.42. The third kappa shape index (κ3) is 3.96. The summed E-state index contributed by atoms with van der Waals surface area (Å²) in [4.78, 5) is 23.2. The molecule has 0 aromatic heterocycles. The molecule has 0 spiro atoms. The summed E-state index contributed by atoms with van der Waals surface area (Å²) in [6.45, 7) is 0.256. The van der Waals surface area contributed by atoms with Crippen molar-refractivity contribution in [2.45, 2.75) is 37.6 Å². The topological polar surface area (TPSA) is 66.4 Å². The summed E-state index contributed by atoms with van der Waals surface area (Å²) >= 11 is 6.25. The van der Waals surface area contributed by atoms with Crippen LogP contribution in [0.3, 0.4) is 0 Å². The zero-order valence-electron chi connectivity index (χ0n) is 11.6. The van der Waals surface area contributed by atoms with E-state index in [-0.39, 0.29) is 31.2 Å². The standard InChI is InChI=1S/C15H18ClNO3.ClH/c16-12-6-2-1-5-11(12)15(17-10-8-14(19)20)9-4-3-7-13(15)18;/h1-2,5-6,17H,3-4,7-10H2,(H,19,20);1H. The first-order chi connectivity index (χ1) is 9.56. The Kier molecular flexibility index (Phi) is 6.65. The van der Waals surface area contributed by atoms with Crippen LogP contribution in [-0.4, -0.2) is 23.4 Å². The third-order valence-corrected chi connectivity index (χ3v) is 4.11. The number of carboxylic acid groups (broad SMARTS) is 1. The van der Waals surface area contributed by atoms with Crippen molar-refractivity contribution < 1.29 is 14.7 Å². The van der Waals surface area contributed by atoms with E-state index >= 15 is 0 Å². The van der Waals surface area contributed by atoms with E-state index in [1.54, 1.807) is 6.07 Å². The summed E-state index contributed by atoms with van der Waals surface area (Å²) in [6.07, 6.45) is 2.96. The second kappa shape index (κ2) is 7.78. The van der Waals surface area contributed by atoms with Crippen molar-refractivity contribution in [2.24, 2.45) is 0 Å². The van der Waals surface area contributed by atoms with Crippen LogP contribution in [0, 0.1) is 0 Å². The van der Waals surface area contributed by atoms with Crippen LogP contribution < -0.4 is 5.32 Å². The molecule has 0 amide bonds. The van der Waals surface area contributed by atoms with Crippen molar-refractivity contribution >= 4 is 35.8 Å². The van der Waals surface area contributed by atoms with Gasteiger partial charge in [-0.2, -0.15) is 0 Å². The van der Waals surface area contributed by atoms with Crippen molar-refractivity contribution in [1.82, 2.24) is 5.32 Å². The van der Waals surface area contributed by atoms with Gasteiger partial charge in [0.15, 0.2) is 5.78 Å². The van der Waals surface area contributed by atoms with Gasteiger partial charge in [-0.15, -0.1) is 12.4 Å². The average molecular weight is 332 g/mol. The van der Waals surface area contributed by atoms with Crippen LogP contribution >= 0.6 is 24.0 Å². The number of aliphatic carboxylic acids is 1. The molecule has 1 aliphatic rings. The number of hydrogen-bond acceptors (Lipinski definition) is 3. The number of Topliss-reactive ketones (excluding diaryl/α,β-unsaturated/α-hetero) is 1. The largest absolute Gasteiger partial charge is 0.481 e. The van der Waals surface area contributed by atoms with Gasteiger partial charge in [0.05, 0.1) is 6.42 Å². The van der Waals surface area contributed by atoms with Gasteiger partial charge in [-0.1, -0.05) is 36.2 Å². The maximum absolute atomic E-state index is 12.5. The highest BCUT2D eigenvalue weighted by atomic mass is 35.5. The highest BCUT2D eigenvalue weighted by Crippen LogP contribution is 2.37. The van der Waals surface area contributed by atoms with Gasteiger partial charge in [0, 0.05) is 18.0 Å². The summed E-state index contributed by atoms with van der Waals surface area (Å²) in [5, 5.41) is 12.5. The molecule has 1 aromatic rings. The molecule has 1 fully saturated rings. The van der Waals surface area contributed by atoms with Crippen LogP contribution in [0.2, 0.25) is 5.02 Å². The fourth-order valence-electron chi connectivity index (χ4n) is 2.79. The summed E-state index contributed by atoms with van der Waals surface area (Å²) in [6, 6.07) is 7.28. The zero-order chi connectivity index (χ0) is 14.6. The second-order valence-corrected chi connectivity index (χ2v) is 5.49. The minimum atomic E-state index is -0.880. The molecular formula is C15H19Cl2NO3. The molecule has 0 radical (unpaired) electrons. The monoisotopic (exact) mass is 331 g/mol. The molecule has 21 heavy (non-hydrogen) atoms. The fourth-order valence-corrected chi connectivity index (χ4v) is 3.08. The minimum absolute atomic E-state index is 0. The van der Waals surface area contributed by atoms with Crippen molar-refractivity contribution in [3.8, 4) is 0 Å². The number of halogens is 2. The molecule has 0 heterocycles. The molecule has 1 aliphatic carbocycles. The Morgan fingerprint density at radius 2 is 2.05 bits per heavy atom. The zero-order valence-corrected chi connectivity index (χ0v) is 13.2. The number of nitrogens with one attached hydrogen (secondary N) is 1. The Morgan fingerprint density at radius 1 is 1.33 bits per heavy atom. The molecule has 2 N–H and O–H groups in total. The molecule has 6 heteroatoms. The van der Waals surface area contributed by atoms with Gasteiger partial charge in [0.25, 0.3) is 0 Å². The maximum Gasteiger partial charge on any atom is 0.304 e. The molecule has 1 atom stereocenters. The normalized spacial score (nSPS) is 21.7.